The molecule has 2 aromatic rings. The first-order chi connectivity index (χ1) is 15.2. The minimum absolute atomic E-state index is 0.00446. The van der Waals surface area contributed by atoms with E-state index in [1.165, 1.54) is 12.1 Å². The van der Waals surface area contributed by atoms with Crippen molar-refractivity contribution in [3.63, 3.8) is 0 Å². The monoisotopic (exact) mass is 458 g/mol. The molecule has 1 fully saturated rings. The van der Waals surface area contributed by atoms with E-state index >= 15 is 0 Å². The minimum Gasteiger partial charge on any atom is -0.478 e. The first kappa shape index (κ1) is 23.6. The van der Waals surface area contributed by atoms with Gasteiger partial charge in [-0.15, -0.1) is 0 Å². The van der Waals surface area contributed by atoms with Crippen molar-refractivity contribution in [3.05, 3.63) is 58.6 Å². The van der Waals surface area contributed by atoms with Crippen molar-refractivity contribution in [2.45, 2.75) is 19.9 Å². The highest BCUT2D eigenvalue weighted by atomic mass is 35.5. The summed E-state index contributed by atoms with van der Waals surface area (Å²) in [6.45, 7) is 6.83. The van der Waals surface area contributed by atoms with Crippen LogP contribution >= 0.6 is 11.6 Å². The molecule has 2 amide bonds. The van der Waals surface area contributed by atoms with E-state index in [-0.39, 0.29) is 23.4 Å². The summed E-state index contributed by atoms with van der Waals surface area (Å²) in [5, 5.41) is 15.6. The molecule has 1 saturated heterocycles. The van der Waals surface area contributed by atoms with Crippen molar-refractivity contribution in [2.75, 3.05) is 42.9 Å². The number of hydrogen-bond acceptors (Lipinski definition) is 5. The quantitative estimate of drug-likeness (QED) is 0.589. The lowest BCUT2D eigenvalue weighted by Gasteiger charge is -2.36. The maximum absolute atomic E-state index is 12.7. The molecule has 1 aliphatic heterocycles. The Morgan fingerprint density at radius 2 is 1.62 bits per heavy atom. The molecule has 0 aromatic heterocycles. The number of carbonyl (C=O) groups is 3. The molecule has 0 radical (unpaired) electrons. The largest absolute Gasteiger partial charge is 0.478 e. The number of amides is 2. The Hall–Kier alpha value is -3.10. The second-order valence-corrected chi connectivity index (χ2v) is 8.42. The van der Waals surface area contributed by atoms with Crippen molar-refractivity contribution in [1.82, 2.24) is 10.2 Å². The highest BCUT2D eigenvalue weighted by Crippen LogP contribution is 2.29. The number of aromatic carboxylic acids is 1. The maximum Gasteiger partial charge on any atom is 0.335 e. The van der Waals surface area contributed by atoms with Gasteiger partial charge in [0.15, 0.2) is 0 Å². The van der Waals surface area contributed by atoms with Crippen molar-refractivity contribution in [1.29, 1.82) is 0 Å². The smallest absolute Gasteiger partial charge is 0.335 e. The molecule has 0 unspecified atom stereocenters. The summed E-state index contributed by atoms with van der Waals surface area (Å²) in [6.07, 6.45) is 0. The van der Waals surface area contributed by atoms with Crippen molar-refractivity contribution in [3.8, 4) is 0 Å². The molecule has 1 aliphatic rings. The van der Waals surface area contributed by atoms with Crippen molar-refractivity contribution in [2.24, 2.45) is 0 Å². The molecule has 0 bridgehead atoms. The Morgan fingerprint density at radius 3 is 2.22 bits per heavy atom. The SMILES string of the molecule is CC(C)NC(=O)CN1CCN(c2ccc(C(=O)O)cc2NC(=O)c2ccc(Cl)cc2)CC1. The fourth-order valence-electron chi connectivity index (χ4n) is 3.56. The summed E-state index contributed by atoms with van der Waals surface area (Å²) < 4.78 is 0. The summed E-state index contributed by atoms with van der Waals surface area (Å²) in [6, 6.07) is 11.3. The van der Waals surface area contributed by atoms with Crippen LogP contribution < -0.4 is 15.5 Å². The third kappa shape index (κ3) is 6.21. The molecule has 0 spiro atoms. The van der Waals surface area contributed by atoms with Crippen LogP contribution in [0.3, 0.4) is 0 Å². The lowest BCUT2D eigenvalue weighted by atomic mass is 10.1. The number of benzene rings is 2. The fourth-order valence-corrected chi connectivity index (χ4v) is 3.68. The molecule has 3 N–H and O–H groups in total. The molecule has 0 aliphatic carbocycles. The van der Waals surface area contributed by atoms with Crippen LogP contribution in [-0.4, -0.2) is 66.6 Å². The molecule has 1 heterocycles. The average molecular weight is 459 g/mol. The average Bonchev–Trinajstić information content (AvgIpc) is 2.74. The topological polar surface area (TPSA) is 102 Å². The number of halogens is 1. The van der Waals surface area contributed by atoms with Crippen LogP contribution in [0.5, 0.6) is 0 Å². The fraction of sp³-hybridized carbons (Fsp3) is 0.348. The molecule has 2 aromatic carbocycles. The van der Waals surface area contributed by atoms with E-state index in [1.807, 2.05) is 13.8 Å². The number of carbonyl (C=O) groups excluding carboxylic acids is 2. The van der Waals surface area contributed by atoms with Gasteiger partial charge in [0.1, 0.15) is 0 Å². The van der Waals surface area contributed by atoms with Crippen LogP contribution in [-0.2, 0) is 4.79 Å². The second-order valence-electron chi connectivity index (χ2n) is 7.98. The van der Waals surface area contributed by atoms with Gasteiger partial charge >= 0.3 is 5.97 Å². The van der Waals surface area contributed by atoms with Gasteiger partial charge in [-0.2, -0.15) is 0 Å². The number of carboxylic acid groups (broad SMARTS) is 1. The predicted octanol–water partition coefficient (Wildman–Crippen LogP) is 2.94. The Kier molecular flexibility index (Phi) is 7.71. The van der Waals surface area contributed by atoms with Crippen molar-refractivity contribution >= 4 is 40.8 Å². The van der Waals surface area contributed by atoms with Crippen LogP contribution in [0.25, 0.3) is 0 Å². The van der Waals surface area contributed by atoms with E-state index < -0.39 is 5.97 Å². The summed E-state index contributed by atoms with van der Waals surface area (Å²) in [5.74, 6) is -1.43. The highest BCUT2D eigenvalue weighted by molar-refractivity contribution is 6.30. The van der Waals surface area contributed by atoms with E-state index in [0.29, 0.717) is 49.0 Å². The van der Waals surface area contributed by atoms with Gasteiger partial charge < -0.3 is 20.6 Å². The Bertz CT molecular complexity index is 986. The van der Waals surface area contributed by atoms with Gasteiger partial charge in [0, 0.05) is 42.8 Å². The van der Waals surface area contributed by atoms with E-state index in [4.69, 9.17) is 11.6 Å². The van der Waals surface area contributed by atoms with Gasteiger partial charge in [-0.05, 0) is 56.3 Å². The first-order valence-electron chi connectivity index (χ1n) is 10.4. The van der Waals surface area contributed by atoms with Gasteiger partial charge in [-0.25, -0.2) is 4.79 Å². The molecular formula is C23H27ClN4O4. The number of nitrogens with one attached hydrogen (secondary N) is 2. The molecule has 8 nitrogen and oxygen atoms in total. The van der Waals surface area contributed by atoms with Crippen LogP contribution in [0, 0.1) is 0 Å². The second kappa shape index (κ2) is 10.5. The Morgan fingerprint density at radius 1 is 1.00 bits per heavy atom. The molecule has 0 atom stereocenters. The molecule has 9 heteroatoms. The van der Waals surface area contributed by atoms with E-state index in [1.54, 1.807) is 30.3 Å². The zero-order valence-electron chi connectivity index (χ0n) is 18.1. The van der Waals surface area contributed by atoms with Crippen LogP contribution in [0.2, 0.25) is 5.02 Å². The van der Waals surface area contributed by atoms with Gasteiger partial charge in [0.05, 0.1) is 23.5 Å². The summed E-state index contributed by atoms with van der Waals surface area (Å²) >= 11 is 5.89. The summed E-state index contributed by atoms with van der Waals surface area (Å²) in [5.41, 5.74) is 1.67. The molecule has 170 valence electrons. The first-order valence-corrected chi connectivity index (χ1v) is 10.8. The molecule has 3 rings (SSSR count). The number of carboxylic acids is 1. The molecule has 32 heavy (non-hydrogen) atoms. The van der Waals surface area contributed by atoms with Gasteiger partial charge in [-0.3, -0.25) is 14.5 Å². The lowest BCUT2D eigenvalue weighted by Crippen LogP contribution is -2.50. The highest BCUT2D eigenvalue weighted by Gasteiger charge is 2.22. The van der Waals surface area contributed by atoms with Gasteiger partial charge in [0.25, 0.3) is 5.91 Å². The molecular weight excluding hydrogens is 432 g/mol. The van der Waals surface area contributed by atoms with Crippen molar-refractivity contribution < 1.29 is 19.5 Å². The summed E-state index contributed by atoms with van der Waals surface area (Å²) in [4.78, 5) is 40.4. The van der Waals surface area contributed by atoms with E-state index in [2.05, 4.69) is 20.4 Å². The molecule has 0 saturated carbocycles. The number of rotatable bonds is 7. The third-order valence-corrected chi connectivity index (χ3v) is 5.38. The Balaban J connectivity index is 1.74. The summed E-state index contributed by atoms with van der Waals surface area (Å²) in [7, 11) is 0. The van der Waals surface area contributed by atoms with Crippen LogP contribution in [0.1, 0.15) is 34.6 Å². The Labute approximate surface area is 192 Å². The standard InChI is InChI=1S/C23H27ClN4O4/c1-15(2)25-21(29)14-27-9-11-28(12-10-27)20-8-5-17(23(31)32)13-19(20)26-22(30)16-3-6-18(24)7-4-16/h3-8,13,15H,9-12,14H2,1-2H3,(H,25,29)(H,26,30)(H,31,32). The van der Waals surface area contributed by atoms with E-state index in [0.717, 1.165) is 5.69 Å². The van der Waals surface area contributed by atoms with Crippen LogP contribution in [0.15, 0.2) is 42.5 Å². The number of piperazine rings is 1. The number of hydrogen-bond donors (Lipinski definition) is 3. The zero-order chi connectivity index (χ0) is 23.3. The van der Waals surface area contributed by atoms with Gasteiger partial charge in [0.2, 0.25) is 5.91 Å². The third-order valence-electron chi connectivity index (χ3n) is 5.13. The lowest BCUT2D eigenvalue weighted by molar-refractivity contribution is -0.122. The van der Waals surface area contributed by atoms with Crippen LogP contribution in [0.4, 0.5) is 11.4 Å². The number of nitrogens with zero attached hydrogens (tertiary/aromatic N) is 2. The maximum atomic E-state index is 12.7. The van der Waals surface area contributed by atoms with Gasteiger partial charge in [-0.1, -0.05) is 11.6 Å². The minimum atomic E-state index is -1.07. The zero-order valence-corrected chi connectivity index (χ0v) is 18.9. The number of anilines is 2. The predicted molar refractivity (Wildman–Crippen MR) is 125 cm³/mol. The van der Waals surface area contributed by atoms with E-state index in [9.17, 15) is 19.5 Å². The normalized spacial score (nSPS) is 14.3.